The molecule has 2 amide bonds. The number of carbonyl (C=O) groups is 4. The molecule has 0 bridgehead atoms. The van der Waals surface area contributed by atoms with Crippen molar-refractivity contribution in [1.29, 1.82) is 0 Å². The number of carbonyl (C=O) groups excluding carboxylic acids is 3. The summed E-state index contributed by atoms with van der Waals surface area (Å²) in [4.78, 5) is 48.2. The van der Waals surface area contributed by atoms with Crippen LogP contribution in [-0.4, -0.2) is 47.0 Å². The van der Waals surface area contributed by atoms with Crippen molar-refractivity contribution in [3.05, 3.63) is 70.8 Å². The molecule has 0 spiro atoms. The van der Waals surface area contributed by atoms with E-state index in [-0.39, 0.29) is 24.7 Å². The maximum atomic E-state index is 12.9. The van der Waals surface area contributed by atoms with Gasteiger partial charge in [-0.25, -0.2) is 9.59 Å². The number of unbranched alkanes of at least 4 members (excludes halogenated alkanes) is 5. The molecule has 8 heteroatoms. The van der Waals surface area contributed by atoms with E-state index < -0.39 is 23.7 Å². The normalized spacial score (nSPS) is 11.9. The molecule has 0 saturated carbocycles. The fourth-order valence-electron chi connectivity index (χ4n) is 4.31. The highest BCUT2D eigenvalue weighted by atomic mass is 16.6. The van der Waals surface area contributed by atoms with E-state index in [1.165, 1.54) is 31.2 Å². The molecular weight excluding hydrogens is 520 g/mol. The van der Waals surface area contributed by atoms with Crippen molar-refractivity contribution in [3.63, 3.8) is 0 Å². The number of carboxylic acid groups (broad SMARTS) is 1. The van der Waals surface area contributed by atoms with Gasteiger partial charge < -0.3 is 20.5 Å². The summed E-state index contributed by atoms with van der Waals surface area (Å²) < 4.78 is 5.07. The van der Waals surface area contributed by atoms with Gasteiger partial charge in [-0.3, -0.25) is 9.59 Å². The highest BCUT2D eigenvalue weighted by Gasteiger charge is 2.24. The molecule has 224 valence electrons. The van der Waals surface area contributed by atoms with Crippen LogP contribution < -0.4 is 10.6 Å². The van der Waals surface area contributed by atoms with E-state index in [0.29, 0.717) is 17.5 Å². The Bertz CT molecular complexity index is 1120. The Morgan fingerprint density at radius 2 is 1.29 bits per heavy atom. The number of hydrogen-bond acceptors (Lipinski definition) is 5. The topological polar surface area (TPSA) is 122 Å². The third-order valence-corrected chi connectivity index (χ3v) is 6.61. The third-order valence-electron chi connectivity index (χ3n) is 6.61. The second kappa shape index (κ2) is 17.2. The number of ether oxygens (including phenoxy) is 1. The summed E-state index contributed by atoms with van der Waals surface area (Å²) in [6.07, 6.45) is 8.59. The van der Waals surface area contributed by atoms with Crippen LogP contribution in [0.4, 0.5) is 4.79 Å². The van der Waals surface area contributed by atoms with Gasteiger partial charge in [-0.15, -0.1) is 0 Å². The van der Waals surface area contributed by atoms with Crippen molar-refractivity contribution in [1.82, 2.24) is 10.6 Å². The molecule has 8 nitrogen and oxygen atoms in total. The van der Waals surface area contributed by atoms with Crippen LogP contribution in [0.15, 0.2) is 48.5 Å². The maximum absolute atomic E-state index is 12.9. The smallest absolute Gasteiger partial charge is 0.408 e. The second-order valence-electron chi connectivity index (χ2n) is 11.4. The number of carboxylic acids is 1. The fraction of sp³-hybridized carbons (Fsp3) is 0.515. The predicted molar refractivity (Wildman–Crippen MR) is 160 cm³/mol. The van der Waals surface area contributed by atoms with E-state index in [0.717, 1.165) is 31.2 Å². The Hall–Kier alpha value is -3.68. The van der Waals surface area contributed by atoms with Crippen LogP contribution in [0.2, 0.25) is 0 Å². The van der Waals surface area contributed by atoms with Crippen molar-refractivity contribution < 1.29 is 29.0 Å². The predicted octanol–water partition coefficient (Wildman–Crippen LogP) is 6.24. The van der Waals surface area contributed by atoms with Crippen LogP contribution in [-0.2, 0) is 27.2 Å². The first kappa shape index (κ1) is 33.5. The van der Waals surface area contributed by atoms with E-state index in [2.05, 4.69) is 29.7 Å². The Kier molecular flexibility index (Phi) is 14.1. The zero-order chi connectivity index (χ0) is 30.3. The molecular formula is C33H46N2O6. The van der Waals surface area contributed by atoms with Crippen molar-refractivity contribution in [2.45, 2.75) is 104 Å². The SMILES string of the molecule is CCCCCCc1ccc(C(=O)c2ccc(CCCCCC(=O)NC[C@H](NC(=O)OC(C)(C)C)C(=O)O)cc2)cc1. The summed E-state index contributed by atoms with van der Waals surface area (Å²) in [6.45, 7) is 7.02. The number of hydrogen-bond donors (Lipinski definition) is 3. The van der Waals surface area contributed by atoms with Crippen molar-refractivity contribution >= 4 is 23.8 Å². The molecule has 2 aromatic rings. The van der Waals surface area contributed by atoms with Gasteiger partial charge in [0.15, 0.2) is 5.78 Å². The number of aryl methyl sites for hydroxylation is 2. The number of nitrogens with one attached hydrogen (secondary N) is 2. The van der Waals surface area contributed by atoms with Gasteiger partial charge in [-0.05, 0) is 64.0 Å². The zero-order valence-electron chi connectivity index (χ0n) is 25.0. The van der Waals surface area contributed by atoms with Crippen LogP contribution >= 0.6 is 0 Å². The summed E-state index contributed by atoms with van der Waals surface area (Å²) in [5, 5.41) is 14.1. The minimum absolute atomic E-state index is 0.0199. The molecule has 0 aliphatic carbocycles. The molecule has 2 rings (SSSR count). The average molecular weight is 567 g/mol. The van der Waals surface area contributed by atoms with Crippen molar-refractivity contribution in [2.75, 3.05) is 6.54 Å². The second-order valence-corrected chi connectivity index (χ2v) is 11.4. The quantitative estimate of drug-likeness (QED) is 0.154. The lowest BCUT2D eigenvalue weighted by Crippen LogP contribution is -2.49. The first-order valence-corrected chi connectivity index (χ1v) is 14.7. The Morgan fingerprint density at radius 1 is 0.780 bits per heavy atom. The van der Waals surface area contributed by atoms with Crippen molar-refractivity contribution in [3.8, 4) is 0 Å². The number of alkyl carbamates (subject to hydrolysis) is 1. The van der Waals surface area contributed by atoms with Crippen LogP contribution in [0.25, 0.3) is 0 Å². The van der Waals surface area contributed by atoms with Gasteiger partial charge in [0.05, 0.1) is 0 Å². The average Bonchev–Trinajstić information content (AvgIpc) is 2.92. The maximum Gasteiger partial charge on any atom is 0.408 e. The van der Waals surface area contributed by atoms with E-state index >= 15 is 0 Å². The largest absolute Gasteiger partial charge is 0.480 e. The molecule has 0 aliphatic rings. The molecule has 3 N–H and O–H groups in total. The number of amides is 2. The lowest BCUT2D eigenvalue weighted by Gasteiger charge is -2.22. The standard InChI is InChI=1S/C33H46N2O6/c1-5-6-7-9-12-24-15-19-26(20-16-24)30(37)27-21-17-25(18-22-27)13-10-8-11-14-29(36)34-23-28(31(38)39)35-32(40)41-33(2,3)4/h15-22,28H,5-14,23H2,1-4H3,(H,34,36)(H,35,40)(H,38,39)/t28-/m0/s1. The number of rotatable bonds is 17. The van der Waals surface area contributed by atoms with Gasteiger partial charge in [0.1, 0.15) is 11.6 Å². The van der Waals surface area contributed by atoms with E-state index in [9.17, 15) is 24.3 Å². The van der Waals surface area contributed by atoms with Crippen LogP contribution in [0, 0.1) is 0 Å². The highest BCUT2D eigenvalue weighted by molar-refractivity contribution is 6.09. The summed E-state index contributed by atoms with van der Waals surface area (Å²) in [5.74, 6) is -1.50. The number of benzene rings is 2. The summed E-state index contributed by atoms with van der Waals surface area (Å²) in [6, 6.07) is 14.4. The minimum atomic E-state index is -1.27. The molecule has 1 atom stereocenters. The van der Waals surface area contributed by atoms with Gasteiger partial charge in [-0.2, -0.15) is 0 Å². The number of aliphatic carboxylic acids is 1. The lowest BCUT2D eigenvalue weighted by atomic mass is 9.98. The molecule has 0 radical (unpaired) electrons. The summed E-state index contributed by atoms with van der Waals surface area (Å²) >= 11 is 0. The van der Waals surface area contributed by atoms with Crippen LogP contribution in [0.5, 0.6) is 0 Å². The van der Waals surface area contributed by atoms with Gasteiger partial charge in [0, 0.05) is 24.1 Å². The minimum Gasteiger partial charge on any atom is -0.480 e. The molecule has 41 heavy (non-hydrogen) atoms. The summed E-state index contributed by atoms with van der Waals surface area (Å²) in [7, 11) is 0. The molecule has 0 aliphatic heterocycles. The Balaban J connectivity index is 1.68. The molecule has 0 fully saturated rings. The van der Waals surface area contributed by atoms with Crippen LogP contribution in [0.3, 0.4) is 0 Å². The molecule has 2 aromatic carbocycles. The van der Waals surface area contributed by atoms with Gasteiger partial charge in [0.2, 0.25) is 5.91 Å². The summed E-state index contributed by atoms with van der Waals surface area (Å²) in [5.41, 5.74) is 3.01. The van der Waals surface area contributed by atoms with Gasteiger partial charge in [-0.1, -0.05) is 81.1 Å². The molecule has 0 aromatic heterocycles. The molecule has 0 heterocycles. The number of ketones is 1. The Labute approximate surface area is 244 Å². The molecule has 0 unspecified atom stereocenters. The fourth-order valence-corrected chi connectivity index (χ4v) is 4.31. The van der Waals surface area contributed by atoms with E-state index in [4.69, 9.17) is 4.74 Å². The third kappa shape index (κ3) is 13.5. The molecule has 0 saturated heterocycles. The highest BCUT2D eigenvalue weighted by Crippen LogP contribution is 2.16. The van der Waals surface area contributed by atoms with Gasteiger partial charge >= 0.3 is 12.1 Å². The Morgan fingerprint density at radius 3 is 1.76 bits per heavy atom. The first-order valence-electron chi connectivity index (χ1n) is 14.7. The van der Waals surface area contributed by atoms with Crippen molar-refractivity contribution in [2.24, 2.45) is 0 Å². The van der Waals surface area contributed by atoms with E-state index in [1.807, 2.05) is 36.4 Å². The lowest BCUT2D eigenvalue weighted by molar-refractivity contribution is -0.139. The van der Waals surface area contributed by atoms with Crippen LogP contribution in [0.1, 0.15) is 106 Å². The van der Waals surface area contributed by atoms with Gasteiger partial charge in [0.25, 0.3) is 0 Å². The van der Waals surface area contributed by atoms with E-state index in [1.54, 1.807) is 20.8 Å². The monoisotopic (exact) mass is 566 g/mol. The first-order chi connectivity index (χ1) is 19.5. The zero-order valence-corrected chi connectivity index (χ0v) is 25.0.